The molecular weight excluding hydrogens is 354 g/mol. The van der Waals surface area contributed by atoms with E-state index in [4.69, 9.17) is 4.74 Å². The van der Waals surface area contributed by atoms with E-state index in [9.17, 15) is 13.6 Å². The Hall–Kier alpha value is -2.48. The summed E-state index contributed by atoms with van der Waals surface area (Å²) in [6.45, 7) is 2.07. The molecular formula is C19H22F2N4O2. The molecule has 8 heteroatoms. The molecule has 1 atom stereocenters. The van der Waals surface area contributed by atoms with Crippen LogP contribution in [0.1, 0.15) is 31.2 Å². The molecule has 2 N–H and O–H groups in total. The van der Waals surface area contributed by atoms with Crippen molar-refractivity contribution in [3.05, 3.63) is 47.7 Å². The molecule has 0 spiro atoms. The second kappa shape index (κ2) is 7.26. The average Bonchev–Trinajstić information content (AvgIpc) is 3.25. The van der Waals surface area contributed by atoms with Crippen LogP contribution in [0.5, 0.6) is 0 Å². The number of ether oxygens (including phenoxy) is 1. The molecule has 1 aromatic carbocycles. The highest BCUT2D eigenvalue weighted by Crippen LogP contribution is 2.43. The van der Waals surface area contributed by atoms with Crippen LogP contribution in [-0.2, 0) is 16.8 Å². The minimum absolute atomic E-state index is 0.0667. The summed E-state index contributed by atoms with van der Waals surface area (Å²) < 4.78 is 35.6. The molecule has 1 aromatic heterocycles. The van der Waals surface area contributed by atoms with Crippen molar-refractivity contribution in [3.8, 4) is 0 Å². The number of anilines is 1. The van der Waals surface area contributed by atoms with Gasteiger partial charge in [0, 0.05) is 30.7 Å². The zero-order valence-electron chi connectivity index (χ0n) is 14.9. The third kappa shape index (κ3) is 3.53. The minimum Gasteiger partial charge on any atom is -0.381 e. The lowest BCUT2D eigenvalue weighted by Crippen LogP contribution is -2.53. The number of aromatic nitrogens is 2. The van der Waals surface area contributed by atoms with Crippen molar-refractivity contribution in [2.75, 3.05) is 18.5 Å². The van der Waals surface area contributed by atoms with Crippen molar-refractivity contribution in [2.45, 2.75) is 37.8 Å². The van der Waals surface area contributed by atoms with Crippen molar-refractivity contribution in [1.82, 2.24) is 15.1 Å². The molecule has 0 radical (unpaired) electrons. The van der Waals surface area contributed by atoms with E-state index in [0.29, 0.717) is 37.7 Å². The Balaban J connectivity index is 1.47. The van der Waals surface area contributed by atoms with Gasteiger partial charge in [0.15, 0.2) is 0 Å². The first-order chi connectivity index (χ1) is 13.1. The maximum absolute atomic E-state index is 14.2. The van der Waals surface area contributed by atoms with Crippen molar-refractivity contribution >= 4 is 11.8 Å². The van der Waals surface area contributed by atoms with Gasteiger partial charge in [0.25, 0.3) is 0 Å². The summed E-state index contributed by atoms with van der Waals surface area (Å²) in [6.07, 6.45) is 4.36. The van der Waals surface area contributed by atoms with Crippen LogP contribution in [0.4, 0.5) is 19.4 Å². The number of nitrogens with one attached hydrogen (secondary N) is 2. The lowest BCUT2D eigenvalue weighted by molar-refractivity contribution is 0.175. The van der Waals surface area contributed by atoms with Gasteiger partial charge in [-0.1, -0.05) is 6.07 Å². The van der Waals surface area contributed by atoms with Crippen LogP contribution in [0.2, 0.25) is 0 Å². The van der Waals surface area contributed by atoms with E-state index >= 15 is 0 Å². The second-order valence-corrected chi connectivity index (χ2v) is 7.24. The molecule has 2 aromatic rings. The number of amides is 2. The fourth-order valence-corrected chi connectivity index (χ4v) is 3.84. The molecule has 1 saturated heterocycles. The minimum atomic E-state index is -1.01. The van der Waals surface area contributed by atoms with Gasteiger partial charge >= 0.3 is 6.03 Å². The summed E-state index contributed by atoms with van der Waals surface area (Å²) in [5.74, 6) is -0.371. The smallest absolute Gasteiger partial charge is 0.321 e. The quantitative estimate of drug-likeness (QED) is 0.840. The van der Waals surface area contributed by atoms with E-state index in [1.807, 2.05) is 0 Å². The normalized spacial score (nSPS) is 20.9. The summed E-state index contributed by atoms with van der Waals surface area (Å²) in [5, 5.41) is 9.80. The number of carbonyl (C=O) groups excluding carboxylic acids is 1. The van der Waals surface area contributed by atoms with E-state index < -0.39 is 23.2 Å². The maximum atomic E-state index is 14.2. The molecule has 1 aliphatic heterocycles. The molecule has 0 bridgehead atoms. The Kier molecular flexibility index (Phi) is 4.82. The van der Waals surface area contributed by atoms with Crippen molar-refractivity contribution < 1.29 is 18.3 Å². The van der Waals surface area contributed by atoms with Crippen LogP contribution in [-0.4, -0.2) is 29.0 Å². The van der Waals surface area contributed by atoms with Gasteiger partial charge in [-0.25, -0.2) is 18.3 Å². The van der Waals surface area contributed by atoms with E-state index in [1.165, 1.54) is 18.2 Å². The van der Waals surface area contributed by atoms with Gasteiger partial charge in [0.05, 0.1) is 18.3 Å². The third-order valence-electron chi connectivity index (χ3n) is 5.41. The van der Waals surface area contributed by atoms with Gasteiger partial charge in [-0.15, -0.1) is 0 Å². The van der Waals surface area contributed by atoms with Crippen molar-refractivity contribution in [2.24, 2.45) is 5.92 Å². The average molecular weight is 376 g/mol. The molecule has 2 aliphatic rings. The first kappa shape index (κ1) is 17.9. The number of carbonyl (C=O) groups is 1. The van der Waals surface area contributed by atoms with Crippen LogP contribution in [0.3, 0.4) is 0 Å². The Morgan fingerprint density at radius 1 is 1.30 bits per heavy atom. The SMILES string of the molecule is O=C(Nc1ccnn1CC1CCOC1)NC1(c2c(F)cccc2F)CCC1. The Morgan fingerprint density at radius 3 is 2.70 bits per heavy atom. The summed E-state index contributed by atoms with van der Waals surface area (Å²) in [6, 6.07) is 4.97. The van der Waals surface area contributed by atoms with E-state index in [2.05, 4.69) is 15.7 Å². The number of urea groups is 1. The second-order valence-electron chi connectivity index (χ2n) is 7.24. The summed E-state index contributed by atoms with van der Waals surface area (Å²) in [4.78, 5) is 12.6. The van der Waals surface area contributed by atoms with E-state index in [0.717, 1.165) is 19.4 Å². The molecule has 4 rings (SSSR count). The summed E-state index contributed by atoms with van der Waals surface area (Å²) in [7, 11) is 0. The first-order valence-electron chi connectivity index (χ1n) is 9.21. The maximum Gasteiger partial charge on any atom is 0.321 e. The summed E-state index contributed by atoms with van der Waals surface area (Å²) >= 11 is 0. The zero-order valence-corrected chi connectivity index (χ0v) is 14.9. The Bertz CT molecular complexity index is 809. The molecule has 2 amide bonds. The molecule has 2 heterocycles. The molecule has 2 fully saturated rings. The number of halogens is 2. The predicted octanol–water partition coefficient (Wildman–Crippen LogP) is 3.40. The van der Waals surface area contributed by atoms with Crippen molar-refractivity contribution in [1.29, 1.82) is 0 Å². The van der Waals surface area contributed by atoms with Gasteiger partial charge in [-0.3, -0.25) is 5.32 Å². The molecule has 6 nitrogen and oxygen atoms in total. The standard InChI is InChI=1S/C19H22F2N4O2/c20-14-3-1-4-15(21)17(14)19(7-2-8-19)24-18(26)23-16-5-9-22-25(16)11-13-6-10-27-12-13/h1,3-5,9,13H,2,6-8,10-12H2,(H2,23,24,26). The molecule has 1 saturated carbocycles. The lowest BCUT2D eigenvalue weighted by atomic mass is 9.71. The van der Waals surface area contributed by atoms with Crippen LogP contribution >= 0.6 is 0 Å². The van der Waals surface area contributed by atoms with Crippen LogP contribution < -0.4 is 10.6 Å². The number of hydrogen-bond acceptors (Lipinski definition) is 3. The van der Waals surface area contributed by atoms with Crippen LogP contribution in [0.15, 0.2) is 30.5 Å². The van der Waals surface area contributed by atoms with Gasteiger partial charge < -0.3 is 10.1 Å². The topological polar surface area (TPSA) is 68.2 Å². The zero-order chi connectivity index (χ0) is 18.9. The highest BCUT2D eigenvalue weighted by molar-refractivity contribution is 5.89. The predicted molar refractivity (Wildman–Crippen MR) is 95.2 cm³/mol. The summed E-state index contributed by atoms with van der Waals surface area (Å²) in [5.41, 5.74) is -1.08. The van der Waals surface area contributed by atoms with E-state index in [-0.39, 0.29) is 5.56 Å². The van der Waals surface area contributed by atoms with Gasteiger partial charge in [-0.05, 0) is 37.8 Å². The molecule has 27 heavy (non-hydrogen) atoms. The van der Waals surface area contributed by atoms with Crippen LogP contribution in [0, 0.1) is 17.6 Å². The highest BCUT2D eigenvalue weighted by Gasteiger charge is 2.44. The van der Waals surface area contributed by atoms with E-state index in [1.54, 1.807) is 16.9 Å². The Morgan fingerprint density at radius 2 is 2.07 bits per heavy atom. The number of benzene rings is 1. The monoisotopic (exact) mass is 376 g/mol. The highest BCUT2D eigenvalue weighted by atomic mass is 19.1. The molecule has 144 valence electrons. The fraction of sp³-hybridized carbons (Fsp3) is 0.474. The Labute approximate surface area is 155 Å². The lowest BCUT2D eigenvalue weighted by Gasteiger charge is -2.43. The first-order valence-corrected chi connectivity index (χ1v) is 9.21. The number of rotatable bonds is 5. The van der Waals surface area contributed by atoms with Crippen LogP contribution in [0.25, 0.3) is 0 Å². The third-order valence-corrected chi connectivity index (χ3v) is 5.41. The number of nitrogens with zero attached hydrogens (tertiary/aromatic N) is 2. The van der Waals surface area contributed by atoms with Gasteiger partial charge in [0.1, 0.15) is 17.5 Å². The van der Waals surface area contributed by atoms with Gasteiger partial charge in [0.2, 0.25) is 0 Å². The fourth-order valence-electron chi connectivity index (χ4n) is 3.84. The van der Waals surface area contributed by atoms with Crippen molar-refractivity contribution in [3.63, 3.8) is 0 Å². The number of hydrogen-bond donors (Lipinski definition) is 2. The largest absolute Gasteiger partial charge is 0.381 e. The molecule has 1 aliphatic carbocycles. The van der Waals surface area contributed by atoms with Gasteiger partial charge in [-0.2, -0.15) is 5.10 Å². The molecule has 1 unspecified atom stereocenters.